The van der Waals surface area contributed by atoms with Crippen molar-refractivity contribution in [2.75, 3.05) is 0 Å². The minimum Gasteiger partial charge on any atom is -0.367 e. The number of aromatic amines is 1. The van der Waals surface area contributed by atoms with Crippen molar-refractivity contribution in [3.8, 4) is 0 Å². The van der Waals surface area contributed by atoms with E-state index in [0.717, 1.165) is 5.69 Å². The van der Waals surface area contributed by atoms with Crippen LogP contribution in [-0.4, -0.2) is 10.8 Å². The lowest BCUT2D eigenvalue weighted by Gasteiger charge is -2.04. The van der Waals surface area contributed by atoms with Crippen LogP contribution >= 0.6 is 0 Å². The van der Waals surface area contributed by atoms with Gasteiger partial charge in [0.25, 0.3) is 0 Å². The molecule has 0 atom stereocenters. The number of hydrazine groups is 1. The normalized spacial score (nSPS) is 11.2. The van der Waals surface area contributed by atoms with Crippen molar-refractivity contribution in [2.45, 2.75) is 0 Å². The first-order chi connectivity index (χ1) is 8.31. The van der Waals surface area contributed by atoms with Gasteiger partial charge in [-0.25, -0.2) is 10.8 Å². The molecule has 5 nitrogen and oxygen atoms in total. The van der Waals surface area contributed by atoms with Gasteiger partial charge in [-0.15, -0.1) is 0 Å². The summed E-state index contributed by atoms with van der Waals surface area (Å²) >= 11 is 0. The van der Waals surface area contributed by atoms with Gasteiger partial charge in [0.1, 0.15) is 0 Å². The number of nitrogens with two attached hydrogens (primary N) is 1. The Labute approximate surface area is 98.0 Å². The van der Waals surface area contributed by atoms with Crippen LogP contribution in [0, 0.1) is 0 Å². The quantitative estimate of drug-likeness (QED) is 0.309. The number of nitrogens with zero attached hydrogens (tertiary/aromatic N) is 1. The molecule has 5 heteroatoms. The lowest BCUT2D eigenvalue weighted by molar-refractivity contribution is 1.02. The maximum Gasteiger partial charge on any atom is 0.192 e. The molecule has 17 heavy (non-hydrogen) atoms. The van der Waals surface area contributed by atoms with E-state index in [1.165, 1.54) is 6.07 Å². The molecule has 2 rings (SSSR count). The van der Waals surface area contributed by atoms with Crippen LogP contribution in [0.25, 0.3) is 0 Å². The molecule has 0 saturated heterocycles. The van der Waals surface area contributed by atoms with Gasteiger partial charge in [-0.05, 0) is 12.1 Å². The predicted octanol–water partition coefficient (Wildman–Crippen LogP) is 0.917. The molecule has 0 fully saturated rings. The fraction of sp³-hybridized carbons (Fsp3) is 0. The summed E-state index contributed by atoms with van der Waals surface area (Å²) in [6.45, 7) is 0. The van der Waals surface area contributed by atoms with Crippen molar-refractivity contribution >= 4 is 11.5 Å². The number of hydrogen-bond donors (Lipinski definition) is 3. The molecule has 1 aromatic heterocycles. The molecule has 0 bridgehead atoms. The number of nitrogens with one attached hydrogen (secondary N) is 2. The first kappa shape index (κ1) is 11.1. The number of aliphatic imine (C=N–C) groups is 1. The second kappa shape index (κ2) is 5.09. The van der Waals surface area contributed by atoms with Gasteiger partial charge in [-0.1, -0.05) is 18.2 Å². The highest BCUT2D eigenvalue weighted by Crippen LogP contribution is 2.10. The summed E-state index contributed by atoms with van der Waals surface area (Å²) in [4.78, 5) is 18.7. The molecule has 2 aromatic rings. The number of rotatable bonds is 2. The van der Waals surface area contributed by atoms with Gasteiger partial charge >= 0.3 is 0 Å². The Hall–Kier alpha value is -2.40. The van der Waals surface area contributed by atoms with Crippen molar-refractivity contribution in [1.29, 1.82) is 0 Å². The smallest absolute Gasteiger partial charge is 0.192 e. The largest absolute Gasteiger partial charge is 0.367 e. The van der Waals surface area contributed by atoms with E-state index >= 15 is 0 Å². The Kier molecular flexibility index (Phi) is 3.32. The summed E-state index contributed by atoms with van der Waals surface area (Å²) in [6.07, 6.45) is 3.12. The van der Waals surface area contributed by atoms with Crippen LogP contribution in [0.1, 0.15) is 5.56 Å². The highest BCUT2D eigenvalue weighted by atomic mass is 16.1. The van der Waals surface area contributed by atoms with Crippen LogP contribution < -0.4 is 16.7 Å². The summed E-state index contributed by atoms with van der Waals surface area (Å²) < 4.78 is 0. The molecule has 1 aromatic carbocycles. The number of H-pyrrole nitrogens is 1. The van der Waals surface area contributed by atoms with Gasteiger partial charge < -0.3 is 10.4 Å². The summed E-state index contributed by atoms with van der Waals surface area (Å²) in [6, 6.07) is 10.7. The van der Waals surface area contributed by atoms with E-state index in [1.807, 2.05) is 30.3 Å². The van der Waals surface area contributed by atoms with Crippen molar-refractivity contribution in [1.82, 2.24) is 10.4 Å². The standard InChI is InChI=1S/C12H12N4O/c13-16-12(10-8-14-7-6-11(10)17)15-9-4-2-1-3-5-9/h1-8H,13H2,(H,14,17)(H,15,16). The van der Waals surface area contributed by atoms with Gasteiger partial charge in [0.2, 0.25) is 0 Å². The van der Waals surface area contributed by atoms with Crippen molar-refractivity contribution < 1.29 is 0 Å². The lowest BCUT2D eigenvalue weighted by Crippen LogP contribution is -2.34. The fourth-order valence-electron chi connectivity index (χ4n) is 1.40. The summed E-state index contributed by atoms with van der Waals surface area (Å²) in [5.74, 6) is 5.72. The molecule has 4 N–H and O–H groups in total. The third-order valence-corrected chi connectivity index (χ3v) is 2.21. The monoisotopic (exact) mass is 228 g/mol. The average Bonchev–Trinajstić information content (AvgIpc) is 2.38. The zero-order chi connectivity index (χ0) is 12.1. The van der Waals surface area contributed by atoms with Crippen molar-refractivity contribution in [3.05, 3.63) is 64.6 Å². The van der Waals surface area contributed by atoms with Crippen molar-refractivity contribution in [3.63, 3.8) is 0 Å². The molecule has 0 saturated carbocycles. The van der Waals surface area contributed by atoms with Gasteiger partial charge in [-0.3, -0.25) is 4.79 Å². The Balaban J connectivity index is 2.45. The summed E-state index contributed by atoms with van der Waals surface area (Å²) in [5, 5.41) is 0. The van der Waals surface area contributed by atoms with Crippen LogP contribution in [-0.2, 0) is 0 Å². The van der Waals surface area contributed by atoms with E-state index in [1.54, 1.807) is 12.4 Å². The average molecular weight is 228 g/mol. The number of pyridine rings is 1. The van der Waals surface area contributed by atoms with E-state index in [2.05, 4.69) is 15.4 Å². The number of hydrogen-bond acceptors (Lipinski definition) is 3. The Morgan fingerprint density at radius 2 is 2.00 bits per heavy atom. The van der Waals surface area contributed by atoms with Gasteiger partial charge in [0.05, 0.1) is 11.3 Å². The third kappa shape index (κ3) is 2.59. The van der Waals surface area contributed by atoms with E-state index in [9.17, 15) is 4.79 Å². The van der Waals surface area contributed by atoms with E-state index < -0.39 is 0 Å². The fourth-order valence-corrected chi connectivity index (χ4v) is 1.40. The lowest BCUT2D eigenvalue weighted by atomic mass is 10.2. The molecule has 86 valence electrons. The van der Waals surface area contributed by atoms with Crippen LogP contribution in [0.15, 0.2) is 58.6 Å². The first-order valence-corrected chi connectivity index (χ1v) is 5.09. The molecule has 0 radical (unpaired) electrons. The number of amidine groups is 1. The van der Waals surface area contributed by atoms with Crippen LogP contribution in [0.5, 0.6) is 0 Å². The predicted molar refractivity (Wildman–Crippen MR) is 67.0 cm³/mol. The van der Waals surface area contributed by atoms with Crippen LogP contribution in [0.4, 0.5) is 5.69 Å². The number of benzene rings is 1. The highest BCUT2D eigenvalue weighted by Gasteiger charge is 2.05. The van der Waals surface area contributed by atoms with E-state index in [-0.39, 0.29) is 5.43 Å². The molecular weight excluding hydrogens is 216 g/mol. The van der Waals surface area contributed by atoms with Gasteiger partial charge in [-0.2, -0.15) is 0 Å². The molecule has 0 unspecified atom stereocenters. The SMILES string of the molecule is NNC(=Nc1ccccc1)c1c[nH]ccc1=O. The van der Waals surface area contributed by atoms with Gasteiger partial charge in [0.15, 0.2) is 11.3 Å². The molecule has 1 heterocycles. The summed E-state index contributed by atoms with van der Waals surface area (Å²) in [5.41, 5.74) is 3.42. The maximum absolute atomic E-state index is 11.6. The zero-order valence-corrected chi connectivity index (χ0v) is 9.05. The molecular formula is C12H12N4O. The second-order valence-corrected chi connectivity index (χ2v) is 3.36. The molecule has 0 spiro atoms. The van der Waals surface area contributed by atoms with E-state index in [4.69, 9.17) is 5.84 Å². The van der Waals surface area contributed by atoms with Gasteiger partial charge in [0, 0.05) is 18.5 Å². The third-order valence-electron chi connectivity index (χ3n) is 2.21. The molecule has 0 aliphatic rings. The number of para-hydroxylation sites is 1. The highest BCUT2D eigenvalue weighted by molar-refractivity contribution is 5.99. The number of aromatic nitrogens is 1. The minimum atomic E-state index is -0.142. The first-order valence-electron chi connectivity index (χ1n) is 5.09. The zero-order valence-electron chi connectivity index (χ0n) is 9.05. The van der Waals surface area contributed by atoms with Crippen LogP contribution in [0.2, 0.25) is 0 Å². The second-order valence-electron chi connectivity index (χ2n) is 3.36. The topological polar surface area (TPSA) is 83.3 Å². The van der Waals surface area contributed by atoms with Crippen molar-refractivity contribution in [2.24, 2.45) is 10.8 Å². The summed E-state index contributed by atoms with van der Waals surface area (Å²) in [7, 11) is 0. The Morgan fingerprint density at radius 1 is 1.24 bits per heavy atom. The molecule has 0 aliphatic carbocycles. The van der Waals surface area contributed by atoms with E-state index in [0.29, 0.717) is 11.4 Å². The Bertz CT molecular complexity index is 574. The maximum atomic E-state index is 11.6. The van der Waals surface area contributed by atoms with Crippen LogP contribution in [0.3, 0.4) is 0 Å². The minimum absolute atomic E-state index is 0.142. The molecule has 0 aliphatic heterocycles. The Morgan fingerprint density at radius 3 is 2.65 bits per heavy atom. The molecule has 0 amide bonds.